The molecule has 0 fully saturated rings. The van der Waals surface area contributed by atoms with Gasteiger partial charge in [-0.25, -0.2) is 4.57 Å². The first-order chi connectivity index (χ1) is 13.5. The topological polar surface area (TPSA) is 52.6 Å². The van der Waals surface area contributed by atoms with Crippen LogP contribution >= 0.6 is 7.60 Å². The molecule has 3 rings (SSSR count). The van der Waals surface area contributed by atoms with Gasteiger partial charge in [0.2, 0.25) is 0 Å². The predicted octanol–water partition coefficient (Wildman–Crippen LogP) is 6.22. The Morgan fingerprint density at radius 3 is 1.57 bits per heavy atom. The molecule has 0 aliphatic heterocycles. The highest BCUT2D eigenvalue weighted by Crippen LogP contribution is 2.62. The highest BCUT2D eigenvalue weighted by atomic mass is 31.2. The molecule has 1 atom stereocenters. The van der Waals surface area contributed by atoms with Gasteiger partial charge in [0.25, 0.3) is 0 Å². The lowest BCUT2D eigenvalue weighted by Gasteiger charge is -2.28. The lowest BCUT2D eigenvalue weighted by atomic mass is 10.0. The van der Waals surface area contributed by atoms with Crippen molar-refractivity contribution in [1.82, 2.24) is 0 Å². The summed E-state index contributed by atoms with van der Waals surface area (Å²) in [5, 5.41) is 0. The van der Waals surface area contributed by atoms with E-state index in [9.17, 15) is 9.36 Å². The van der Waals surface area contributed by atoms with Crippen LogP contribution in [0.25, 0.3) is 0 Å². The number of allylic oxidation sites excluding steroid dienone is 1. The minimum Gasteiger partial charge on any atom is -0.415 e. The molecule has 0 saturated heterocycles. The summed E-state index contributed by atoms with van der Waals surface area (Å²) in [7, 11) is -3.93. The van der Waals surface area contributed by atoms with E-state index in [1.165, 1.54) is 6.92 Å². The monoisotopic (exact) mass is 392 g/mol. The van der Waals surface area contributed by atoms with Gasteiger partial charge in [-0.05, 0) is 36.8 Å². The molecule has 28 heavy (non-hydrogen) atoms. The number of benzene rings is 3. The number of Topliss-reactive ketones (excluding diaryl/α,β-unsaturated/α-hetero) is 1. The van der Waals surface area contributed by atoms with Crippen LogP contribution in [0.2, 0.25) is 0 Å². The zero-order chi connectivity index (χ0) is 20.0. The van der Waals surface area contributed by atoms with Gasteiger partial charge >= 0.3 is 7.60 Å². The molecule has 0 N–H and O–H groups in total. The zero-order valence-corrected chi connectivity index (χ0v) is 16.4. The molecule has 0 aromatic heterocycles. The van der Waals surface area contributed by atoms with E-state index in [-0.39, 0.29) is 11.4 Å². The Balaban J connectivity index is 2.12. The van der Waals surface area contributed by atoms with Crippen molar-refractivity contribution < 1.29 is 18.4 Å². The molecule has 3 aromatic rings. The number of para-hydroxylation sites is 2. The van der Waals surface area contributed by atoms with E-state index in [2.05, 4.69) is 6.58 Å². The van der Waals surface area contributed by atoms with Gasteiger partial charge in [-0.2, -0.15) is 0 Å². The van der Waals surface area contributed by atoms with Crippen molar-refractivity contribution in [2.75, 3.05) is 0 Å². The third-order valence-corrected chi connectivity index (χ3v) is 6.34. The summed E-state index contributed by atoms with van der Waals surface area (Å²) >= 11 is 0. The van der Waals surface area contributed by atoms with Crippen molar-refractivity contribution in [2.45, 2.75) is 12.6 Å². The summed E-state index contributed by atoms with van der Waals surface area (Å²) in [6.07, 6.45) is 0. The fraction of sp³-hybridized carbons (Fsp3) is 0.0870. The Morgan fingerprint density at radius 1 is 0.786 bits per heavy atom. The number of carbonyl (C=O) groups is 1. The van der Waals surface area contributed by atoms with E-state index in [1.54, 1.807) is 60.7 Å². The molecule has 1 unspecified atom stereocenters. The van der Waals surface area contributed by atoms with Crippen LogP contribution in [0.5, 0.6) is 11.5 Å². The summed E-state index contributed by atoms with van der Waals surface area (Å²) < 4.78 is 26.0. The van der Waals surface area contributed by atoms with Crippen LogP contribution in [0.3, 0.4) is 0 Å². The van der Waals surface area contributed by atoms with E-state index in [4.69, 9.17) is 9.05 Å². The lowest BCUT2D eigenvalue weighted by molar-refractivity contribution is -0.113. The molecular weight excluding hydrogens is 371 g/mol. The molecule has 5 heteroatoms. The van der Waals surface area contributed by atoms with Gasteiger partial charge in [-0.1, -0.05) is 73.3 Å². The second-order valence-electron chi connectivity index (χ2n) is 6.24. The molecule has 0 bridgehead atoms. The smallest absolute Gasteiger partial charge is 0.415 e. The fourth-order valence-electron chi connectivity index (χ4n) is 2.78. The number of ketones is 1. The van der Waals surface area contributed by atoms with Crippen LogP contribution in [-0.2, 0) is 9.36 Å². The summed E-state index contributed by atoms with van der Waals surface area (Å²) in [4.78, 5) is 12.2. The van der Waals surface area contributed by atoms with Crippen LogP contribution in [0.4, 0.5) is 0 Å². The maximum absolute atomic E-state index is 14.1. The van der Waals surface area contributed by atoms with Crippen molar-refractivity contribution in [3.8, 4) is 11.5 Å². The maximum atomic E-state index is 14.1. The molecule has 0 aliphatic rings. The summed E-state index contributed by atoms with van der Waals surface area (Å²) in [5.74, 6) is 0.500. The Hall–Kier alpha value is -3.10. The summed E-state index contributed by atoms with van der Waals surface area (Å²) in [6, 6.07) is 26.6. The van der Waals surface area contributed by atoms with Gasteiger partial charge in [0, 0.05) is 5.57 Å². The van der Waals surface area contributed by atoms with Crippen molar-refractivity contribution >= 4 is 13.4 Å². The first-order valence-corrected chi connectivity index (χ1v) is 10.4. The molecule has 4 nitrogen and oxygen atoms in total. The Morgan fingerprint density at radius 2 is 1.18 bits per heavy atom. The molecule has 0 saturated carbocycles. The molecule has 0 radical (unpaired) electrons. The van der Waals surface area contributed by atoms with E-state index in [1.807, 2.05) is 30.3 Å². The molecule has 3 aromatic carbocycles. The number of rotatable bonds is 8. The molecular formula is C23H21O4P. The van der Waals surface area contributed by atoms with Crippen molar-refractivity contribution in [1.29, 1.82) is 0 Å². The lowest BCUT2D eigenvalue weighted by Crippen LogP contribution is -2.16. The second kappa shape index (κ2) is 8.73. The van der Waals surface area contributed by atoms with Crippen LogP contribution in [0.15, 0.2) is 103 Å². The predicted molar refractivity (Wildman–Crippen MR) is 111 cm³/mol. The van der Waals surface area contributed by atoms with Crippen LogP contribution in [0.1, 0.15) is 18.1 Å². The molecule has 142 valence electrons. The minimum absolute atomic E-state index is 0.168. The SMILES string of the molecule is C=C(C(C)=O)C(c1ccccc1)P(=O)(Oc1ccccc1)Oc1ccccc1. The number of hydrogen-bond donors (Lipinski definition) is 0. The van der Waals surface area contributed by atoms with Gasteiger partial charge in [-0.15, -0.1) is 0 Å². The molecule has 0 aliphatic carbocycles. The molecule has 0 amide bonds. The normalized spacial score (nSPS) is 12.0. The highest BCUT2D eigenvalue weighted by molar-refractivity contribution is 7.55. The Kier molecular flexibility index (Phi) is 6.13. The molecule has 0 spiro atoms. The largest absolute Gasteiger partial charge is 0.442 e. The van der Waals surface area contributed by atoms with Gasteiger partial charge in [0.1, 0.15) is 17.2 Å². The third-order valence-electron chi connectivity index (χ3n) is 4.17. The highest BCUT2D eigenvalue weighted by Gasteiger charge is 2.43. The van der Waals surface area contributed by atoms with Gasteiger partial charge < -0.3 is 9.05 Å². The fourth-order valence-corrected chi connectivity index (χ4v) is 4.96. The van der Waals surface area contributed by atoms with E-state index in [0.29, 0.717) is 17.1 Å². The molecule has 0 heterocycles. The van der Waals surface area contributed by atoms with Crippen molar-refractivity contribution in [3.63, 3.8) is 0 Å². The standard InChI is InChI=1S/C23H21O4P/c1-18(19(2)24)23(20-12-6-3-7-13-20)28(25,26-21-14-8-4-9-15-21)27-22-16-10-5-11-17-22/h3-17,23H,1H2,2H3. The summed E-state index contributed by atoms with van der Waals surface area (Å²) in [5.41, 5.74) is -0.133. The third kappa shape index (κ3) is 4.59. The number of hydrogen-bond acceptors (Lipinski definition) is 4. The second-order valence-corrected chi connectivity index (χ2v) is 8.20. The average Bonchev–Trinajstić information content (AvgIpc) is 2.70. The Bertz CT molecular complexity index is 939. The van der Waals surface area contributed by atoms with Crippen LogP contribution < -0.4 is 9.05 Å². The van der Waals surface area contributed by atoms with Gasteiger partial charge in [-0.3, -0.25) is 4.79 Å². The average molecular weight is 392 g/mol. The minimum atomic E-state index is -3.93. The zero-order valence-electron chi connectivity index (χ0n) is 15.5. The number of carbonyl (C=O) groups excluding carboxylic acids is 1. The first kappa shape index (κ1) is 19.7. The maximum Gasteiger partial charge on any atom is 0.442 e. The van der Waals surface area contributed by atoms with Crippen LogP contribution in [-0.4, -0.2) is 5.78 Å². The van der Waals surface area contributed by atoms with E-state index < -0.39 is 13.3 Å². The van der Waals surface area contributed by atoms with Crippen molar-refractivity contribution in [3.05, 3.63) is 109 Å². The quantitative estimate of drug-likeness (QED) is 0.337. The van der Waals surface area contributed by atoms with Gasteiger partial charge in [0.15, 0.2) is 5.78 Å². The Labute approximate surface area is 165 Å². The van der Waals surface area contributed by atoms with Crippen LogP contribution in [0, 0.1) is 0 Å². The van der Waals surface area contributed by atoms with Crippen molar-refractivity contribution in [2.24, 2.45) is 0 Å². The summed E-state index contributed by atoms with van der Waals surface area (Å²) in [6.45, 7) is 5.29. The first-order valence-electron chi connectivity index (χ1n) is 8.83. The van der Waals surface area contributed by atoms with E-state index >= 15 is 0 Å². The van der Waals surface area contributed by atoms with E-state index in [0.717, 1.165) is 0 Å². The van der Waals surface area contributed by atoms with Gasteiger partial charge in [0.05, 0.1) is 0 Å².